The SMILES string of the molecule is Cc1cc(C2CN=C(N)N2c2ccccc2F)ccc1Br. The van der Waals surface area contributed by atoms with Crippen molar-refractivity contribution in [2.45, 2.75) is 13.0 Å². The summed E-state index contributed by atoms with van der Waals surface area (Å²) in [6, 6.07) is 12.6. The number of halogens is 2. The van der Waals surface area contributed by atoms with E-state index in [2.05, 4.69) is 27.0 Å². The smallest absolute Gasteiger partial charge is 0.196 e. The fourth-order valence-electron chi connectivity index (χ4n) is 2.57. The molecule has 0 aliphatic carbocycles. The number of hydrogen-bond acceptors (Lipinski definition) is 3. The van der Waals surface area contributed by atoms with Crippen LogP contribution in [0.5, 0.6) is 0 Å². The molecule has 108 valence electrons. The Labute approximate surface area is 131 Å². The summed E-state index contributed by atoms with van der Waals surface area (Å²) in [5.41, 5.74) is 8.64. The zero-order chi connectivity index (χ0) is 15.0. The zero-order valence-corrected chi connectivity index (χ0v) is 13.1. The molecular formula is C16H15BrFN3. The van der Waals surface area contributed by atoms with Crippen LogP contribution in [0.25, 0.3) is 0 Å². The highest BCUT2D eigenvalue weighted by Crippen LogP contribution is 2.33. The molecule has 0 aromatic heterocycles. The van der Waals surface area contributed by atoms with Gasteiger partial charge in [0.25, 0.3) is 0 Å². The van der Waals surface area contributed by atoms with Crippen molar-refractivity contribution in [3.05, 3.63) is 63.9 Å². The number of nitrogens with zero attached hydrogens (tertiary/aromatic N) is 2. The zero-order valence-electron chi connectivity index (χ0n) is 11.6. The van der Waals surface area contributed by atoms with Crippen molar-refractivity contribution in [1.29, 1.82) is 0 Å². The van der Waals surface area contributed by atoms with Gasteiger partial charge in [0.15, 0.2) is 5.96 Å². The Morgan fingerprint density at radius 3 is 2.76 bits per heavy atom. The number of guanidine groups is 1. The van der Waals surface area contributed by atoms with Gasteiger partial charge >= 0.3 is 0 Å². The standard InChI is InChI=1S/C16H15BrFN3/c1-10-8-11(6-7-12(10)17)15-9-20-16(19)21(15)14-5-3-2-4-13(14)18/h2-8,15H,9H2,1H3,(H2,19,20). The van der Waals surface area contributed by atoms with E-state index in [-0.39, 0.29) is 11.9 Å². The van der Waals surface area contributed by atoms with Gasteiger partial charge in [-0.3, -0.25) is 4.99 Å². The first kappa shape index (κ1) is 14.1. The second-order valence-corrected chi connectivity index (χ2v) is 5.90. The summed E-state index contributed by atoms with van der Waals surface area (Å²) < 4.78 is 15.1. The largest absolute Gasteiger partial charge is 0.369 e. The van der Waals surface area contributed by atoms with Crippen molar-refractivity contribution in [1.82, 2.24) is 0 Å². The van der Waals surface area contributed by atoms with Crippen LogP contribution in [0.1, 0.15) is 17.2 Å². The van der Waals surface area contributed by atoms with Crippen LogP contribution in [0, 0.1) is 12.7 Å². The molecule has 2 N–H and O–H groups in total. The van der Waals surface area contributed by atoms with E-state index in [1.807, 2.05) is 19.1 Å². The molecule has 0 radical (unpaired) electrons. The minimum absolute atomic E-state index is 0.0753. The minimum atomic E-state index is -0.295. The molecular weight excluding hydrogens is 333 g/mol. The summed E-state index contributed by atoms with van der Waals surface area (Å²) in [4.78, 5) is 6.05. The van der Waals surface area contributed by atoms with Crippen molar-refractivity contribution < 1.29 is 4.39 Å². The van der Waals surface area contributed by atoms with Crippen LogP contribution in [-0.4, -0.2) is 12.5 Å². The third kappa shape index (κ3) is 2.53. The number of aliphatic imine (C=N–C) groups is 1. The third-order valence-electron chi connectivity index (χ3n) is 3.66. The number of para-hydroxylation sites is 1. The Morgan fingerprint density at radius 1 is 1.29 bits per heavy atom. The average molecular weight is 348 g/mol. The number of hydrogen-bond donors (Lipinski definition) is 1. The van der Waals surface area contributed by atoms with Crippen molar-refractivity contribution in [3.63, 3.8) is 0 Å². The van der Waals surface area contributed by atoms with Crippen LogP contribution < -0.4 is 10.6 Å². The van der Waals surface area contributed by atoms with Gasteiger partial charge in [-0.15, -0.1) is 0 Å². The Bertz CT molecular complexity index is 714. The molecule has 3 rings (SSSR count). The summed E-state index contributed by atoms with van der Waals surface area (Å²) >= 11 is 3.49. The topological polar surface area (TPSA) is 41.6 Å². The number of benzene rings is 2. The number of aryl methyl sites for hydroxylation is 1. The van der Waals surface area contributed by atoms with Gasteiger partial charge in [-0.25, -0.2) is 4.39 Å². The van der Waals surface area contributed by atoms with Gasteiger partial charge in [-0.1, -0.05) is 40.2 Å². The molecule has 21 heavy (non-hydrogen) atoms. The summed E-state index contributed by atoms with van der Waals surface area (Å²) in [5.74, 6) is 0.0575. The predicted octanol–water partition coefficient (Wildman–Crippen LogP) is 3.77. The second kappa shape index (κ2) is 5.48. The lowest BCUT2D eigenvalue weighted by Crippen LogP contribution is -2.36. The van der Waals surface area contributed by atoms with Crippen molar-refractivity contribution >= 4 is 27.6 Å². The van der Waals surface area contributed by atoms with Crippen LogP contribution in [0.3, 0.4) is 0 Å². The highest BCUT2D eigenvalue weighted by atomic mass is 79.9. The first-order chi connectivity index (χ1) is 10.1. The maximum Gasteiger partial charge on any atom is 0.196 e. The molecule has 0 fully saturated rings. The number of nitrogens with two attached hydrogens (primary N) is 1. The quantitative estimate of drug-likeness (QED) is 0.898. The molecule has 1 aliphatic rings. The van der Waals surface area contributed by atoms with Crippen LogP contribution in [0.4, 0.5) is 10.1 Å². The van der Waals surface area contributed by atoms with Crippen molar-refractivity contribution in [2.24, 2.45) is 10.7 Å². The van der Waals surface area contributed by atoms with Crippen LogP contribution in [0.2, 0.25) is 0 Å². The lowest BCUT2D eigenvalue weighted by molar-refractivity contribution is 0.619. The molecule has 0 saturated carbocycles. The van der Waals surface area contributed by atoms with E-state index in [4.69, 9.17) is 5.73 Å². The summed E-state index contributed by atoms with van der Waals surface area (Å²) in [6.45, 7) is 2.56. The molecule has 2 aromatic carbocycles. The molecule has 1 unspecified atom stereocenters. The van der Waals surface area contributed by atoms with Gasteiger partial charge in [0, 0.05) is 4.47 Å². The van der Waals surface area contributed by atoms with Gasteiger partial charge in [0.05, 0.1) is 18.3 Å². The highest BCUT2D eigenvalue weighted by Gasteiger charge is 2.30. The average Bonchev–Trinajstić information content (AvgIpc) is 2.84. The molecule has 1 heterocycles. The molecule has 5 heteroatoms. The molecule has 0 spiro atoms. The van der Waals surface area contributed by atoms with Gasteiger partial charge in [-0.05, 0) is 36.2 Å². The van der Waals surface area contributed by atoms with Crippen molar-refractivity contribution in [3.8, 4) is 0 Å². The first-order valence-electron chi connectivity index (χ1n) is 6.67. The Hall–Kier alpha value is -1.88. The summed E-state index contributed by atoms with van der Waals surface area (Å²) in [5, 5.41) is 0. The maximum atomic E-state index is 14.1. The molecule has 1 atom stereocenters. The van der Waals surface area contributed by atoms with E-state index >= 15 is 0 Å². The fraction of sp³-hybridized carbons (Fsp3) is 0.188. The third-order valence-corrected chi connectivity index (χ3v) is 4.55. The maximum absolute atomic E-state index is 14.1. The van der Waals surface area contributed by atoms with Gasteiger partial charge < -0.3 is 10.6 Å². The molecule has 2 aromatic rings. The van der Waals surface area contributed by atoms with Crippen LogP contribution in [-0.2, 0) is 0 Å². The number of anilines is 1. The summed E-state index contributed by atoms with van der Waals surface area (Å²) in [7, 11) is 0. The number of rotatable bonds is 2. The van der Waals surface area contributed by atoms with Crippen molar-refractivity contribution in [2.75, 3.05) is 11.4 Å². The predicted molar refractivity (Wildman–Crippen MR) is 87.0 cm³/mol. The monoisotopic (exact) mass is 347 g/mol. The van der Waals surface area contributed by atoms with Gasteiger partial charge in [0.1, 0.15) is 5.82 Å². The Kier molecular flexibility index (Phi) is 3.68. The molecule has 3 nitrogen and oxygen atoms in total. The van der Waals surface area contributed by atoms with E-state index in [1.54, 1.807) is 23.1 Å². The second-order valence-electron chi connectivity index (χ2n) is 5.04. The van der Waals surface area contributed by atoms with E-state index in [0.29, 0.717) is 18.2 Å². The minimum Gasteiger partial charge on any atom is -0.369 e. The normalized spacial score (nSPS) is 18.0. The lowest BCUT2D eigenvalue weighted by atomic mass is 10.0. The van der Waals surface area contributed by atoms with E-state index < -0.39 is 0 Å². The first-order valence-corrected chi connectivity index (χ1v) is 7.47. The Balaban J connectivity index is 2.03. The van der Waals surface area contributed by atoms with Crippen LogP contribution >= 0.6 is 15.9 Å². The Morgan fingerprint density at radius 2 is 2.05 bits per heavy atom. The molecule has 0 saturated heterocycles. The van der Waals surface area contributed by atoms with Crippen LogP contribution in [0.15, 0.2) is 51.9 Å². The molecule has 0 amide bonds. The fourth-order valence-corrected chi connectivity index (χ4v) is 2.81. The van der Waals surface area contributed by atoms with E-state index in [0.717, 1.165) is 15.6 Å². The highest BCUT2D eigenvalue weighted by molar-refractivity contribution is 9.10. The van der Waals surface area contributed by atoms with E-state index in [9.17, 15) is 4.39 Å². The van der Waals surface area contributed by atoms with Gasteiger partial charge in [-0.2, -0.15) is 0 Å². The molecule has 1 aliphatic heterocycles. The summed E-state index contributed by atoms with van der Waals surface area (Å²) in [6.07, 6.45) is 0. The van der Waals surface area contributed by atoms with Gasteiger partial charge in [0.2, 0.25) is 0 Å². The van der Waals surface area contributed by atoms with E-state index in [1.165, 1.54) is 6.07 Å². The molecule has 0 bridgehead atoms. The lowest BCUT2D eigenvalue weighted by Gasteiger charge is -2.27.